The Morgan fingerprint density at radius 3 is 2.61 bits per heavy atom. The smallest absolute Gasteiger partial charge is 0.229 e. The van der Waals surface area contributed by atoms with Crippen molar-refractivity contribution in [3.05, 3.63) is 64.3 Å². The maximum absolute atomic E-state index is 6.24. The number of ether oxygens (including phenoxy) is 1. The van der Waals surface area contributed by atoms with Crippen LogP contribution in [0.1, 0.15) is 37.8 Å². The van der Waals surface area contributed by atoms with Crippen molar-refractivity contribution in [2.24, 2.45) is 5.92 Å². The van der Waals surface area contributed by atoms with Crippen molar-refractivity contribution in [3.8, 4) is 5.75 Å². The standard InChI is InChI=1S/C28H37BrN6O/c1-19(2)16-30-17-21-7-5-6-8-26(21)32-27-24(29)18-31-28(34-27)33-25-10-9-23(15-20(25)3)36-22-11-13-35(4)14-12-22/h5-10,15,18-19,22,30H,11-14,16-17H2,1-4H3,(H2,31,32,33,34). The Hall–Kier alpha value is -2.68. The number of para-hydroxylation sites is 1. The van der Waals surface area contributed by atoms with Crippen LogP contribution < -0.4 is 20.7 Å². The number of halogens is 1. The van der Waals surface area contributed by atoms with Crippen molar-refractivity contribution in [1.82, 2.24) is 20.2 Å². The second kappa shape index (κ2) is 12.5. The zero-order valence-corrected chi connectivity index (χ0v) is 23.2. The van der Waals surface area contributed by atoms with E-state index in [1.807, 2.05) is 18.2 Å². The molecule has 1 fully saturated rings. The van der Waals surface area contributed by atoms with E-state index < -0.39 is 0 Å². The third-order valence-corrected chi connectivity index (χ3v) is 6.88. The summed E-state index contributed by atoms with van der Waals surface area (Å²) in [4.78, 5) is 11.6. The van der Waals surface area contributed by atoms with Crippen LogP contribution in [0.3, 0.4) is 0 Å². The fourth-order valence-corrected chi connectivity index (χ4v) is 4.49. The summed E-state index contributed by atoms with van der Waals surface area (Å²) < 4.78 is 7.04. The number of anilines is 4. The van der Waals surface area contributed by atoms with Gasteiger partial charge in [-0.05, 0) is 90.6 Å². The number of nitrogens with one attached hydrogen (secondary N) is 3. The van der Waals surface area contributed by atoms with Gasteiger partial charge >= 0.3 is 0 Å². The first-order valence-electron chi connectivity index (χ1n) is 12.7. The summed E-state index contributed by atoms with van der Waals surface area (Å²) >= 11 is 3.59. The molecule has 7 nitrogen and oxygen atoms in total. The van der Waals surface area contributed by atoms with E-state index in [1.165, 1.54) is 5.56 Å². The van der Waals surface area contributed by atoms with Gasteiger partial charge in [0.2, 0.25) is 5.95 Å². The maximum atomic E-state index is 6.24. The zero-order chi connectivity index (χ0) is 25.5. The van der Waals surface area contributed by atoms with Gasteiger partial charge in [0.05, 0.1) is 4.47 Å². The molecule has 0 amide bonds. The highest BCUT2D eigenvalue weighted by Crippen LogP contribution is 2.29. The molecule has 0 radical (unpaired) electrons. The highest BCUT2D eigenvalue weighted by molar-refractivity contribution is 9.10. The van der Waals surface area contributed by atoms with Crippen molar-refractivity contribution in [2.45, 2.75) is 46.3 Å². The lowest BCUT2D eigenvalue weighted by molar-refractivity contribution is 0.114. The summed E-state index contributed by atoms with van der Waals surface area (Å²) in [5.41, 5.74) is 4.25. The lowest BCUT2D eigenvalue weighted by atomic mass is 10.1. The summed E-state index contributed by atoms with van der Waals surface area (Å²) in [6.07, 6.45) is 4.18. The average Bonchev–Trinajstić information content (AvgIpc) is 2.85. The molecule has 2 aromatic carbocycles. The Bertz CT molecular complexity index is 1150. The second-order valence-corrected chi connectivity index (χ2v) is 10.8. The second-order valence-electron chi connectivity index (χ2n) is 9.92. The number of benzene rings is 2. The molecule has 1 aliphatic heterocycles. The number of aromatic nitrogens is 2. The van der Waals surface area contributed by atoms with Crippen LogP contribution in [0.5, 0.6) is 5.75 Å². The molecule has 1 aromatic heterocycles. The predicted molar refractivity (Wildman–Crippen MR) is 152 cm³/mol. The number of hydrogen-bond acceptors (Lipinski definition) is 7. The summed E-state index contributed by atoms with van der Waals surface area (Å²) in [5, 5.41) is 10.4. The Kier molecular flexibility index (Phi) is 9.18. The molecule has 4 rings (SSSR count). The topological polar surface area (TPSA) is 74.3 Å². The number of likely N-dealkylation sites (tertiary alicyclic amines) is 1. The molecular formula is C28H37BrN6O. The van der Waals surface area contributed by atoms with Crippen LogP contribution in [0.25, 0.3) is 0 Å². The summed E-state index contributed by atoms with van der Waals surface area (Å²) in [5.74, 6) is 2.76. The third kappa shape index (κ3) is 7.41. The zero-order valence-electron chi connectivity index (χ0n) is 21.6. The van der Waals surface area contributed by atoms with Gasteiger partial charge in [-0.15, -0.1) is 0 Å². The number of piperidine rings is 1. The van der Waals surface area contributed by atoms with Gasteiger partial charge in [0.1, 0.15) is 17.7 Å². The molecule has 1 aliphatic rings. The van der Waals surface area contributed by atoms with Crippen LogP contribution in [0, 0.1) is 12.8 Å². The Morgan fingerprint density at radius 2 is 1.86 bits per heavy atom. The quantitative estimate of drug-likeness (QED) is 0.274. The van der Waals surface area contributed by atoms with Gasteiger partial charge in [-0.1, -0.05) is 32.0 Å². The molecule has 3 aromatic rings. The molecule has 0 unspecified atom stereocenters. The van der Waals surface area contributed by atoms with E-state index in [1.54, 1.807) is 6.20 Å². The molecule has 8 heteroatoms. The van der Waals surface area contributed by atoms with Gasteiger partial charge < -0.3 is 25.6 Å². The highest BCUT2D eigenvalue weighted by atomic mass is 79.9. The van der Waals surface area contributed by atoms with E-state index >= 15 is 0 Å². The summed E-state index contributed by atoms with van der Waals surface area (Å²) in [7, 11) is 2.16. The molecule has 1 saturated heterocycles. The average molecular weight is 554 g/mol. The SMILES string of the molecule is Cc1cc(OC2CCN(C)CC2)ccc1Nc1ncc(Br)c(Nc2ccccc2CNCC(C)C)n1. The van der Waals surface area contributed by atoms with Gasteiger partial charge in [-0.2, -0.15) is 4.98 Å². The maximum Gasteiger partial charge on any atom is 0.229 e. The van der Waals surface area contributed by atoms with Crippen molar-refractivity contribution >= 4 is 39.1 Å². The van der Waals surface area contributed by atoms with E-state index in [2.05, 4.69) is 93.8 Å². The van der Waals surface area contributed by atoms with Crippen molar-refractivity contribution in [2.75, 3.05) is 37.3 Å². The fourth-order valence-electron chi connectivity index (χ4n) is 4.20. The fraction of sp³-hybridized carbons (Fsp3) is 0.429. The molecule has 2 heterocycles. The first-order chi connectivity index (χ1) is 17.4. The first-order valence-corrected chi connectivity index (χ1v) is 13.5. The van der Waals surface area contributed by atoms with Crippen LogP contribution >= 0.6 is 15.9 Å². The van der Waals surface area contributed by atoms with E-state index in [9.17, 15) is 0 Å². The minimum Gasteiger partial charge on any atom is -0.490 e. The van der Waals surface area contributed by atoms with Crippen molar-refractivity contribution < 1.29 is 4.74 Å². The monoisotopic (exact) mass is 552 g/mol. The lowest BCUT2D eigenvalue weighted by Crippen LogP contribution is -2.35. The molecule has 0 atom stereocenters. The summed E-state index contributed by atoms with van der Waals surface area (Å²) in [6.45, 7) is 10.4. The van der Waals surface area contributed by atoms with E-state index in [0.717, 1.165) is 66.2 Å². The van der Waals surface area contributed by atoms with Crippen LogP contribution in [0.2, 0.25) is 0 Å². The van der Waals surface area contributed by atoms with Crippen LogP contribution in [0.15, 0.2) is 53.1 Å². The van der Waals surface area contributed by atoms with Gasteiger partial charge in [0.15, 0.2) is 0 Å². The van der Waals surface area contributed by atoms with E-state index in [4.69, 9.17) is 9.72 Å². The third-order valence-electron chi connectivity index (χ3n) is 6.30. The van der Waals surface area contributed by atoms with E-state index in [0.29, 0.717) is 17.7 Å². The van der Waals surface area contributed by atoms with Crippen LogP contribution in [-0.2, 0) is 6.54 Å². The van der Waals surface area contributed by atoms with Gasteiger partial charge in [0, 0.05) is 37.2 Å². The molecule has 0 aliphatic carbocycles. The van der Waals surface area contributed by atoms with Crippen LogP contribution in [-0.4, -0.2) is 47.7 Å². The normalized spacial score (nSPS) is 14.7. The number of rotatable bonds is 10. The molecule has 36 heavy (non-hydrogen) atoms. The minimum absolute atomic E-state index is 0.284. The lowest BCUT2D eigenvalue weighted by Gasteiger charge is -2.29. The Morgan fingerprint density at radius 1 is 1.08 bits per heavy atom. The van der Waals surface area contributed by atoms with Crippen molar-refractivity contribution in [1.29, 1.82) is 0 Å². The number of hydrogen-bond donors (Lipinski definition) is 3. The number of nitrogens with zero attached hydrogens (tertiary/aromatic N) is 3. The molecule has 0 bridgehead atoms. The van der Waals surface area contributed by atoms with Crippen LogP contribution in [0.4, 0.5) is 23.1 Å². The minimum atomic E-state index is 0.284. The molecule has 192 valence electrons. The summed E-state index contributed by atoms with van der Waals surface area (Å²) in [6, 6.07) is 14.4. The molecular weight excluding hydrogens is 516 g/mol. The largest absolute Gasteiger partial charge is 0.490 e. The van der Waals surface area contributed by atoms with Gasteiger partial charge in [-0.3, -0.25) is 0 Å². The van der Waals surface area contributed by atoms with Gasteiger partial charge in [-0.25, -0.2) is 4.98 Å². The van der Waals surface area contributed by atoms with Gasteiger partial charge in [0.25, 0.3) is 0 Å². The first kappa shape index (κ1) is 26.4. The molecule has 0 saturated carbocycles. The molecule has 0 spiro atoms. The Balaban J connectivity index is 1.43. The van der Waals surface area contributed by atoms with Crippen molar-refractivity contribution in [3.63, 3.8) is 0 Å². The Labute approximate surface area is 223 Å². The highest BCUT2D eigenvalue weighted by Gasteiger charge is 2.18. The van der Waals surface area contributed by atoms with E-state index in [-0.39, 0.29) is 6.10 Å². The predicted octanol–water partition coefficient (Wildman–Crippen LogP) is 6.25. The molecule has 3 N–H and O–H groups in total. The number of aryl methyl sites for hydroxylation is 1.